The fourth-order valence-corrected chi connectivity index (χ4v) is 3.29. The highest BCUT2D eigenvalue weighted by molar-refractivity contribution is 6.74. The summed E-state index contributed by atoms with van der Waals surface area (Å²) in [4.78, 5) is 11.5. The highest BCUT2D eigenvalue weighted by Crippen LogP contribution is 2.37. The van der Waals surface area contributed by atoms with Crippen molar-refractivity contribution in [2.45, 2.75) is 70.9 Å². The van der Waals surface area contributed by atoms with Crippen molar-refractivity contribution in [1.82, 2.24) is 0 Å². The maximum absolute atomic E-state index is 11.5. The van der Waals surface area contributed by atoms with Crippen LogP contribution in [0.2, 0.25) is 18.1 Å². The van der Waals surface area contributed by atoms with Gasteiger partial charge in [-0.05, 0) is 44.0 Å². The quantitative estimate of drug-likeness (QED) is 0.605. The van der Waals surface area contributed by atoms with Gasteiger partial charge in [0.25, 0.3) is 0 Å². The zero-order valence-corrected chi connectivity index (χ0v) is 14.5. The van der Waals surface area contributed by atoms with Crippen LogP contribution in [-0.4, -0.2) is 38.2 Å². The van der Waals surface area contributed by atoms with Crippen molar-refractivity contribution in [2.24, 2.45) is 0 Å². The third kappa shape index (κ3) is 4.43. The summed E-state index contributed by atoms with van der Waals surface area (Å²) in [7, 11) is -1.89. The number of esters is 1. The van der Waals surface area contributed by atoms with E-state index in [2.05, 4.69) is 33.9 Å². The molecule has 4 nitrogen and oxygen atoms in total. The number of carbonyl (C=O) groups excluding carboxylic acids is 1. The van der Waals surface area contributed by atoms with E-state index in [1.807, 2.05) is 13.0 Å². The second-order valence-corrected chi connectivity index (χ2v) is 11.8. The van der Waals surface area contributed by atoms with E-state index in [4.69, 9.17) is 9.16 Å². The van der Waals surface area contributed by atoms with E-state index < -0.39 is 8.32 Å². The van der Waals surface area contributed by atoms with Crippen LogP contribution < -0.4 is 0 Å². The van der Waals surface area contributed by atoms with E-state index >= 15 is 0 Å². The smallest absolute Gasteiger partial charge is 0.334 e. The number of aliphatic hydroxyl groups is 1. The van der Waals surface area contributed by atoms with Crippen molar-refractivity contribution in [3.8, 4) is 0 Å². The van der Waals surface area contributed by atoms with Gasteiger partial charge in [0.15, 0.2) is 8.32 Å². The highest BCUT2D eigenvalue weighted by Gasteiger charge is 2.39. The summed E-state index contributed by atoms with van der Waals surface area (Å²) in [6.07, 6.45) is 2.76. The standard InChI is InChI=1S/C15H28O4Si/c1-11-9-12(14(17)18-11)7-8-13(10-16)19-20(5,6)15(2,3)4/h9,11,13,16H,7-8,10H2,1-6H3/t11-,13+/m0/s1. The lowest BCUT2D eigenvalue weighted by molar-refractivity contribution is -0.139. The van der Waals surface area contributed by atoms with Gasteiger partial charge in [-0.15, -0.1) is 0 Å². The van der Waals surface area contributed by atoms with Gasteiger partial charge in [-0.25, -0.2) is 4.79 Å². The second-order valence-electron chi connectivity index (χ2n) is 7.02. The molecule has 0 fully saturated rings. The number of hydrogen-bond acceptors (Lipinski definition) is 4. The molecule has 0 aromatic heterocycles. The predicted molar refractivity (Wildman–Crippen MR) is 82.0 cm³/mol. The van der Waals surface area contributed by atoms with Crippen LogP contribution in [0.3, 0.4) is 0 Å². The number of hydrogen-bond donors (Lipinski definition) is 1. The average Bonchev–Trinajstić information content (AvgIpc) is 2.61. The molecular weight excluding hydrogens is 272 g/mol. The van der Waals surface area contributed by atoms with Crippen LogP contribution in [0.5, 0.6) is 0 Å². The lowest BCUT2D eigenvalue weighted by atomic mass is 10.1. The van der Waals surface area contributed by atoms with Crippen LogP contribution in [0.15, 0.2) is 11.6 Å². The Bertz CT molecular complexity index is 382. The van der Waals surface area contributed by atoms with E-state index in [0.717, 1.165) is 0 Å². The first kappa shape index (κ1) is 17.4. The minimum absolute atomic E-state index is 0.00953. The summed E-state index contributed by atoms with van der Waals surface area (Å²) in [5.74, 6) is -0.235. The highest BCUT2D eigenvalue weighted by atomic mass is 28.4. The molecule has 2 atom stereocenters. The molecule has 1 aliphatic rings. The summed E-state index contributed by atoms with van der Waals surface area (Å²) in [6, 6.07) is 0. The maximum Gasteiger partial charge on any atom is 0.334 e. The molecule has 0 aliphatic carbocycles. The average molecular weight is 300 g/mol. The van der Waals surface area contributed by atoms with Crippen LogP contribution in [0, 0.1) is 0 Å². The monoisotopic (exact) mass is 300 g/mol. The zero-order valence-electron chi connectivity index (χ0n) is 13.5. The SMILES string of the molecule is C[C@H]1C=C(CC[C@H](CO)O[Si](C)(C)C(C)(C)C)C(=O)O1. The molecule has 0 bridgehead atoms. The van der Waals surface area contributed by atoms with Gasteiger partial charge in [-0.2, -0.15) is 0 Å². The van der Waals surface area contributed by atoms with Gasteiger partial charge in [0.2, 0.25) is 0 Å². The zero-order chi connectivity index (χ0) is 15.6. The molecule has 0 radical (unpaired) electrons. The largest absolute Gasteiger partial charge is 0.455 e. The first-order chi connectivity index (χ1) is 9.06. The Morgan fingerprint density at radius 2 is 2.05 bits per heavy atom. The number of aliphatic hydroxyl groups excluding tert-OH is 1. The summed E-state index contributed by atoms with van der Waals surface area (Å²) in [5, 5.41) is 9.62. The molecule has 0 amide bonds. The Morgan fingerprint density at radius 3 is 2.45 bits per heavy atom. The Balaban J connectivity index is 2.57. The minimum Gasteiger partial charge on any atom is -0.455 e. The fraction of sp³-hybridized carbons (Fsp3) is 0.800. The third-order valence-corrected chi connectivity index (χ3v) is 8.73. The van der Waals surface area contributed by atoms with Crippen molar-refractivity contribution in [3.05, 3.63) is 11.6 Å². The fourth-order valence-electron chi connectivity index (χ4n) is 1.91. The molecule has 20 heavy (non-hydrogen) atoms. The Kier molecular flexibility index (Phi) is 5.58. The lowest BCUT2D eigenvalue weighted by Gasteiger charge is -2.39. The van der Waals surface area contributed by atoms with Gasteiger partial charge in [-0.1, -0.05) is 20.8 Å². The van der Waals surface area contributed by atoms with Gasteiger partial charge in [0, 0.05) is 5.57 Å². The van der Waals surface area contributed by atoms with Crippen LogP contribution in [-0.2, 0) is 14.0 Å². The Morgan fingerprint density at radius 1 is 1.45 bits per heavy atom. The topological polar surface area (TPSA) is 55.8 Å². The molecular formula is C15H28O4Si. The first-order valence-corrected chi connectivity index (χ1v) is 10.2. The molecule has 0 aromatic carbocycles. The van der Waals surface area contributed by atoms with Crippen molar-refractivity contribution >= 4 is 14.3 Å². The second kappa shape index (κ2) is 6.41. The van der Waals surface area contributed by atoms with Crippen molar-refractivity contribution in [2.75, 3.05) is 6.61 Å². The van der Waals surface area contributed by atoms with Gasteiger partial charge < -0.3 is 14.3 Å². The van der Waals surface area contributed by atoms with Crippen LogP contribution >= 0.6 is 0 Å². The van der Waals surface area contributed by atoms with Crippen LogP contribution in [0.25, 0.3) is 0 Å². The summed E-state index contributed by atoms with van der Waals surface area (Å²) in [6.45, 7) is 12.7. The predicted octanol–water partition coefficient (Wildman–Crippen LogP) is 3.02. The number of ether oxygens (including phenoxy) is 1. The van der Waals surface area contributed by atoms with Gasteiger partial charge >= 0.3 is 5.97 Å². The molecule has 0 spiro atoms. The number of cyclic esters (lactones) is 1. The number of carbonyl (C=O) groups is 1. The third-order valence-electron chi connectivity index (χ3n) is 4.20. The summed E-state index contributed by atoms with van der Waals surface area (Å²) < 4.78 is 11.3. The Hall–Kier alpha value is -0.653. The van der Waals surface area contributed by atoms with Crippen LogP contribution in [0.1, 0.15) is 40.5 Å². The van der Waals surface area contributed by atoms with E-state index in [-0.39, 0.29) is 29.8 Å². The molecule has 1 aliphatic heterocycles. The van der Waals surface area contributed by atoms with Crippen molar-refractivity contribution in [1.29, 1.82) is 0 Å². The molecule has 1 rings (SSSR count). The van der Waals surface area contributed by atoms with E-state index in [1.54, 1.807) is 0 Å². The van der Waals surface area contributed by atoms with Gasteiger partial charge in [0.1, 0.15) is 6.10 Å². The van der Waals surface area contributed by atoms with Crippen molar-refractivity contribution in [3.63, 3.8) is 0 Å². The summed E-state index contributed by atoms with van der Waals surface area (Å²) >= 11 is 0. The molecule has 0 aromatic rings. The summed E-state index contributed by atoms with van der Waals surface area (Å²) in [5.41, 5.74) is 0.704. The molecule has 5 heteroatoms. The van der Waals surface area contributed by atoms with E-state index in [1.165, 1.54) is 0 Å². The molecule has 116 valence electrons. The van der Waals surface area contributed by atoms with Crippen LogP contribution in [0.4, 0.5) is 0 Å². The Labute approximate surface area is 123 Å². The molecule has 0 unspecified atom stereocenters. The minimum atomic E-state index is -1.89. The normalized spacial score (nSPS) is 21.6. The van der Waals surface area contributed by atoms with E-state index in [9.17, 15) is 9.90 Å². The first-order valence-electron chi connectivity index (χ1n) is 7.27. The van der Waals surface area contributed by atoms with Gasteiger partial charge in [0.05, 0.1) is 12.7 Å². The number of rotatable bonds is 6. The molecule has 0 saturated heterocycles. The lowest BCUT2D eigenvalue weighted by Crippen LogP contribution is -2.44. The van der Waals surface area contributed by atoms with Crippen molar-refractivity contribution < 1.29 is 19.1 Å². The molecule has 0 saturated carbocycles. The molecule has 1 heterocycles. The van der Waals surface area contributed by atoms with E-state index in [0.29, 0.717) is 18.4 Å². The molecule has 1 N–H and O–H groups in total. The van der Waals surface area contributed by atoms with Gasteiger partial charge in [-0.3, -0.25) is 0 Å². The maximum atomic E-state index is 11.5.